The summed E-state index contributed by atoms with van der Waals surface area (Å²) in [6.45, 7) is 5.39. The molecule has 3 heteroatoms. The van der Waals surface area contributed by atoms with Gasteiger partial charge in [0.1, 0.15) is 11.5 Å². The second-order valence-corrected chi connectivity index (χ2v) is 2.32. The number of nitrogens with two attached hydrogens (primary N) is 1. The van der Waals surface area contributed by atoms with Crippen LogP contribution in [0.2, 0.25) is 0 Å². The fourth-order valence-electron chi connectivity index (χ4n) is 0.755. The maximum Gasteiger partial charge on any atom is 0.144 e. The van der Waals surface area contributed by atoms with Crippen LogP contribution in [-0.4, -0.2) is 18.6 Å². The van der Waals surface area contributed by atoms with E-state index in [-0.39, 0.29) is 11.5 Å². The molecule has 13 heavy (non-hydrogen) atoms. The minimum atomic E-state index is 0.238. The van der Waals surface area contributed by atoms with Crippen molar-refractivity contribution in [2.24, 2.45) is 10.7 Å². The molecule has 3 nitrogen and oxygen atoms in total. The fraction of sp³-hybridized carbons (Fsp3) is 0.200. The number of rotatable bonds is 4. The molecule has 3 N–H and O–H groups in total. The van der Waals surface area contributed by atoms with Gasteiger partial charge in [-0.2, -0.15) is 0 Å². The van der Waals surface area contributed by atoms with Crippen molar-refractivity contribution < 1.29 is 0 Å². The molecule has 0 unspecified atom stereocenters. The topological polar surface area (TPSA) is 62.2 Å². The molecule has 0 saturated heterocycles. The van der Waals surface area contributed by atoms with E-state index in [0.29, 0.717) is 0 Å². The Morgan fingerprint density at radius 1 is 1.54 bits per heavy atom. The van der Waals surface area contributed by atoms with Crippen molar-refractivity contribution in [1.29, 1.82) is 5.41 Å². The molecule has 0 aromatic rings. The Bertz CT molecular complexity index is 283. The Hall–Kier alpha value is -1.64. The second-order valence-electron chi connectivity index (χ2n) is 2.32. The summed E-state index contributed by atoms with van der Waals surface area (Å²) >= 11 is 0. The van der Waals surface area contributed by atoms with Gasteiger partial charge >= 0.3 is 0 Å². The lowest BCUT2D eigenvalue weighted by molar-refractivity contribution is 1.40. The van der Waals surface area contributed by atoms with Crippen LogP contribution in [0.5, 0.6) is 0 Å². The summed E-state index contributed by atoms with van der Waals surface area (Å²) in [7, 11) is 1.56. The predicted molar refractivity (Wildman–Crippen MR) is 58.4 cm³/mol. The summed E-state index contributed by atoms with van der Waals surface area (Å²) in [4.78, 5) is 3.73. The molecule has 0 aromatic heterocycles. The van der Waals surface area contributed by atoms with E-state index in [2.05, 4.69) is 11.6 Å². The fourth-order valence-corrected chi connectivity index (χ4v) is 0.755. The summed E-state index contributed by atoms with van der Waals surface area (Å²) in [6, 6.07) is 0. The molecule has 0 radical (unpaired) electrons. The van der Waals surface area contributed by atoms with Crippen LogP contribution in [0.4, 0.5) is 0 Å². The molecule has 0 rings (SSSR count). The molecule has 0 atom stereocenters. The number of nitrogens with one attached hydrogen (secondary N) is 1. The number of hydrogen-bond acceptors (Lipinski definition) is 2. The van der Waals surface area contributed by atoms with Gasteiger partial charge in [-0.05, 0) is 12.5 Å². The molecule has 0 aromatic carbocycles. The summed E-state index contributed by atoms with van der Waals surface area (Å²) in [5.74, 6) is 0.238. The zero-order chi connectivity index (χ0) is 10.3. The van der Waals surface area contributed by atoms with Gasteiger partial charge in [-0.3, -0.25) is 10.4 Å². The standard InChI is InChI=1S/C10H15N3/c1-4-6-7-8(5-2)9(11)10(12)13-3/h4-7,11H,1H2,2-3H3,(H2,12,13)/b7-6-,8-5+,11-9?. The number of aliphatic imine (C=N–C) groups is 1. The predicted octanol–water partition coefficient (Wildman–Crippen LogP) is 1.68. The Morgan fingerprint density at radius 2 is 2.15 bits per heavy atom. The van der Waals surface area contributed by atoms with Gasteiger partial charge in [-0.25, -0.2) is 0 Å². The zero-order valence-corrected chi connectivity index (χ0v) is 8.04. The average Bonchev–Trinajstić information content (AvgIpc) is 2.17. The summed E-state index contributed by atoms with van der Waals surface area (Å²) < 4.78 is 0. The average molecular weight is 177 g/mol. The Kier molecular flexibility index (Phi) is 5.19. The molecule has 0 amide bonds. The lowest BCUT2D eigenvalue weighted by atomic mass is 10.1. The van der Waals surface area contributed by atoms with Gasteiger partial charge in [0.25, 0.3) is 0 Å². The van der Waals surface area contributed by atoms with Crippen LogP contribution in [0.3, 0.4) is 0 Å². The minimum Gasteiger partial charge on any atom is -0.382 e. The number of hydrogen-bond donors (Lipinski definition) is 2. The minimum absolute atomic E-state index is 0.238. The first-order valence-corrected chi connectivity index (χ1v) is 3.94. The van der Waals surface area contributed by atoms with E-state index < -0.39 is 0 Å². The van der Waals surface area contributed by atoms with Crippen molar-refractivity contribution in [2.75, 3.05) is 7.05 Å². The molecule has 0 aliphatic heterocycles. The van der Waals surface area contributed by atoms with Gasteiger partial charge in [0, 0.05) is 7.05 Å². The normalized spacial score (nSPS) is 13.4. The SMILES string of the molecule is C=C/C=C\C(=C/C)C(=N)C(N)=NC. The van der Waals surface area contributed by atoms with Crippen LogP contribution in [0, 0.1) is 5.41 Å². The zero-order valence-electron chi connectivity index (χ0n) is 8.04. The van der Waals surface area contributed by atoms with E-state index in [1.54, 1.807) is 31.4 Å². The van der Waals surface area contributed by atoms with Crippen LogP contribution in [0.25, 0.3) is 0 Å². The smallest absolute Gasteiger partial charge is 0.144 e. The Balaban J connectivity index is 4.72. The van der Waals surface area contributed by atoms with E-state index in [4.69, 9.17) is 11.1 Å². The van der Waals surface area contributed by atoms with E-state index >= 15 is 0 Å². The highest BCUT2D eigenvalue weighted by Gasteiger charge is 2.03. The monoisotopic (exact) mass is 177 g/mol. The number of allylic oxidation sites excluding steroid dienone is 4. The van der Waals surface area contributed by atoms with Crippen molar-refractivity contribution in [3.63, 3.8) is 0 Å². The van der Waals surface area contributed by atoms with Crippen molar-refractivity contribution in [3.8, 4) is 0 Å². The van der Waals surface area contributed by atoms with Crippen LogP contribution in [0.15, 0.2) is 41.4 Å². The van der Waals surface area contributed by atoms with Gasteiger partial charge in [-0.1, -0.05) is 30.9 Å². The van der Waals surface area contributed by atoms with E-state index in [9.17, 15) is 0 Å². The quantitative estimate of drug-likeness (QED) is 0.383. The van der Waals surface area contributed by atoms with Crippen LogP contribution < -0.4 is 5.73 Å². The molecule has 0 fully saturated rings. The number of nitrogens with zero attached hydrogens (tertiary/aromatic N) is 1. The van der Waals surface area contributed by atoms with Crippen molar-refractivity contribution >= 4 is 11.5 Å². The van der Waals surface area contributed by atoms with Crippen molar-refractivity contribution in [3.05, 3.63) is 36.5 Å². The molecule has 0 spiro atoms. The first kappa shape index (κ1) is 11.4. The third-order valence-electron chi connectivity index (χ3n) is 1.51. The van der Waals surface area contributed by atoms with E-state index in [0.717, 1.165) is 5.57 Å². The Morgan fingerprint density at radius 3 is 2.54 bits per heavy atom. The van der Waals surface area contributed by atoms with Gasteiger partial charge in [0.15, 0.2) is 0 Å². The maximum absolute atomic E-state index is 7.62. The molecular formula is C10H15N3. The summed E-state index contributed by atoms with van der Waals surface area (Å²) in [5.41, 5.74) is 6.47. The Labute approximate surface area is 78.9 Å². The molecule has 70 valence electrons. The largest absolute Gasteiger partial charge is 0.382 e. The maximum atomic E-state index is 7.62. The van der Waals surface area contributed by atoms with Crippen LogP contribution in [0.1, 0.15) is 6.92 Å². The second kappa shape index (κ2) is 5.94. The third-order valence-corrected chi connectivity index (χ3v) is 1.51. The summed E-state index contributed by atoms with van der Waals surface area (Å²) in [5, 5.41) is 7.62. The highest BCUT2D eigenvalue weighted by Crippen LogP contribution is 1.99. The molecule has 0 bridgehead atoms. The first-order chi connectivity index (χ1) is 6.17. The van der Waals surface area contributed by atoms with E-state index in [1.807, 2.05) is 6.92 Å². The van der Waals surface area contributed by atoms with Crippen LogP contribution in [-0.2, 0) is 0 Å². The molecule has 0 aliphatic rings. The third kappa shape index (κ3) is 3.51. The lowest BCUT2D eigenvalue weighted by Crippen LogP contribution is -2.23. The van der Waals surface area contributed by atoms with Crippen molar-refractivity contribution in [2.45, 2.75) is 6.92 Å². The molecule has 0 heterocycles. The van der Waals surface area contributed by atoms with Crippen molar-refractivity contribution in [1.82, 2.24) is 0 Å². The highest BCUT2D eigenvalue weighted by molar-refractivity contribution is 6.46. The summed E-state index contributed by atoms with van der Waals surface area (Å²) in [6.07, 6.45) is 6.98. The number of amidine groups is 1. The highest BCUT2D eigenvalue weighted by atomic mass is 14.8. The molecule has 0 saturated carbocycles. The van der Waals surface area contributed by atoms with Gasteiger partial charge in [0.05, 0.1) is 0 Å². The lowest BCUT2D eigenvalue weighted by Gasteiger charge is -2.02. The van der Waals surface area contributed by atoms with Gasteiger partial charge < -0.3 is 5.73 Å². The molecular weight excluding hydrogens is 162 g/mol. The molecule has 0 aliphatic carbocycles. The van der Waals surface area contributed by atoms with Crippen LogP contribution >= 0.6 is 0 Å². The van der Waals surface area contributed by atoms with Gasteiger partial charge in [-0.15, -0.1) is 0 Å². The van der Waals surface area contributed by atoms with E-state index in [1.165, 1.54) is 0 Å². The van der Waals surface area contributed by atoms with Gasteiger partial charge in [0.2, 0.25) is 0 Å². The first-order valence-electron chi connectivity index (χ1n) is 3.94.